The third-order valence-corrected chi connectivity index (χ3v) is 5.56. The highest BCUT2D eigenvalue weighted by Crippen LogP contribution is 2.21. The van der Waals surface area contributed by atoms with Crippen molar-refractivity contribution in [2.45, 2.75) is 26.4 Å². The average molecular weight is 410 g/mol. The van der Waals surface area contributed by atoms with Crippen LogP contribution in [0, 0.1) is 6.92 Å². The summed E-state index contributed by atoms with van der Waals surface area (Å²) in [4.78, 5) is 35.1. The van der Waals surface area contributed by atoms with E-state index in [4.69, 9.17) is 0 Å². The predicted octanol–water partition coefficient (Wildman–Crippen LogP) is 3.16. The molecule has 0 amide bonds. The first-order valence-corrected chi connectivity index (χ1v) is 10.3. The second-order valence-electron chi connectivity index (χ2n) is 7.85. The van der Waals surface area contributed by atoms with Crippen molar-refractivity contribution in [2.24, 2.45) is 0 Å². The first kappa shape index (κ1) is 19.3. The van der Waals surface area contributed by atoms with E-state index in [0.717, 1.165) is 47.6 Å². The van der Waals surface area contributed by atoms with Gasteiger partial charge in [-0.15, -0.1) is 0 Å². The van der Waals surface area contributed by atoms with E-state index in [2.05, 4.69) is 73.1 Å². The van der Waals surface area contributed by atoms with Crippen molar-refractivity contribution < 1.29 is 0 Å². The minimum atomic E-state index is -0.0959. The number of hydrogen-bond acceptors (Lipinski definition) is 6. The summed E-state index contributed by atoms with van der Waals surface area (Å²) < 4.78 is 0. The number of rotatable bonds is 4. The Morgan fingerprint density at radius 3 is 2.55 bits per heavy atom. The van der Waals surface area contributed by atoms with Crippen molar-refractivity contribution in [1.29, 1.82) is 0 Å². The van der Waals surface area contributed by atoms with E-state index < -0.39 is 0 Å². The zero-order chi connectivity index (χ0) is 21.2. The summed E-state index contributed by atoms with van der Waals surface area (Å²) in [6.07, 6.45) is 7.42. The van der Waals surface area contributed by atoms with Crippen LogP contribution < -0.4 is 5.56 Å². The van der Waals surface area contributed by atoms with Crippen molar-refractivity contribution in [3.8, 4) is 22.6 Å². The maximum Gasteiger partial charge on any atom is 0.255 e. The molecular weight excluding hydrogens is 388 g/mol. The van der Waals surface area contributed by atoms with Gasteiger partial charge in [0.15, 0.2) is 0 Å². The topological polar surface area (TPSA) is 87.7 Å². The number of fused-ring (bicyclic) bond motifs is 1. The Morgan fingerprint density at radius 2 is 1.81 bits per heavy atom. The van der Waals surface area contributed by atoms with Gasteiger partial charge in [0.05, 0.1) is 22.5 Å². The lowest BCUT2D eigenvalue weighted by atomic mass is 10.1. The Labute approximate surface area is 179 Å². The molecule has 0 radical (unpaired) electrons. The Hall–Kier alpha value is -3.71. The highest BCUT2D eigenvalue weighted by atomic mass is 16.1. The second-order valence-corrected chi connectivity index (χ2v) is 7.85. The van der Waals surface area contributed by atoms with E-state index in [1.54, 1.807) is 12.4 Å². The molecule has 0 saturated heterocycles. The standard InChI is InChI=1S/C24H22N6O/c1-16-2-5-18(6-3-16)21-7-4-17(10-27-21)13-30-9-8-22-20(14-30)24(31)29-23(28-22)19-11-25-15-26-12-19/h2-7,10-12,15H,8-9,13-14H2,1H3,(H,28,29,31). The van der Waals surface area contributed by atoms with Gasteiger partial charge in [-0.1, -0.05) is 35.9 Å². The minimum Gasteiger partial charge on any atom is -0.306 e. The zero-order valence-corrected chi connectivity index (χ0v) is 17.2. The van der Waals surface area contributed by atoms with Crippen molar-refractivity contribution >= 4 is 0 Å². The van der Waals surface area contributed by atoms with E-state index in [1.165, 1.54) is 11.9 Å². The van der Waals surface area contributed by atoms with E-state index in [1.807, 2.05) is 6.20 Å². The lowest BCUT2D eigenvalue weighted by Crippen LogP contribution is -2.35. The van der Waals surface area contributed by atoms with Crippen LogP contribution in [-0.2, 0) is 19.5 Å². The van der Waals surface area contributed by atoms with Gasteiger partial charge in [-0.05, 0) is 18.6 Å². The van der Waals surface area contributed by atoms with Gasteiger partial charge in [0, 0.05) is 50.2 Å². The fraction of sp³-hybridized carbons (Fsp3) is 0.208. The van der Waals surface area contributed by atoms with Gasteiger partial charge >= 0.3 is 0 Å². The quantitative estimate of drug-likeness (QED) is 0.556. The maximum atomic E-state index is 12.7. The first-order chi connectivity index (χ1) is 15.2. The molecule has 1 aliphatic rings. The summed E-state index contributed by atoms with van der Waals surface area (Å²) in [5.41, 5.74) is 6.64. The largest absolute Gasteiger partial charge is 0.306 e. The number of pyridine rings is 1. The van der Waals surface area contributed by atoms with Crippen LogP contribution in [0.2, 0.25) is 0 Å². The number of hydrogen-bond donors (Lipinski definition) is 1. The SMILES string of the molecule is Cc1ccc(-c2ccc(CN3CCc4nc(-c5cncnc5)[nH]c(=O)c4C3)cn2)cc1. The number of aromatic nitrogens is 5. The normalized spacial score (nSPS) is 13.7. The first-order valence-electron chi connectivity index (χ1n) is 10.3. The number of nitrogens with zero attached hydrogens (tertiary/aromatic N) is 5. The molecule has 4 aromatic rings. The molecule has 5 rings (SSSR count). The summed E-state index contributed by atoms with van der Waals surface area (Å²) in [6, 6.07) is 12.5. The monoisotopic (exact) mass is 410 g/mol. The number of H-pyrrole nitrogens is 1. The molecule has 31 heavy (non-hydrogen) atoms. The van der Waals surface area contributed by atoms with Crippen molar-refractivity contribution in [1.82, 2.24) is 29.8 Å². The molecule has 3 aromatic heterocycles. The van der Waals surface area contributed by atoms with Crippen molar-refractivity contribution in [2.75, 3.05) is 6.54 Å². The molecule has 7 nitrogen and oxygen atoms in total. The molecule has 1 aromatic carbocycles. The third kappa shape index (κ3) is 4.13. The second kappa shape index (κ2) is 8.20. The van der Waals surface area contributed by atoms with Gasteiger partial charge in [-0.2, -0.15) is 0 Å². The molecule has 0 spiro atoms. The number of aromatic amines is 1. The Bertz CT molecular complexity index is 1250. The summed E-state index contributed by atoms with van der Waals surface area (Å²) in [6.45, 7) is 4.24. The van der Waals surface area contributed by atoms with Gasteiger partial charge in [0.1, 0.15) is 12.2 Å². The number of benzene rings is 1. The molecule has 0 unspecified atom stereocenters. The molecule has 1 aliphatic heterocycles. The van der Waals surface area contributed by atoms with E-state index in [0.29, 0.717) is 17.9 Å². The van der Waals surface area contributed by atoms with Gasteiger partial charge in [-0.3, -0.25) is 14.7 Å². The summed E-state index contributed by atoms with van der Waals surface area (Å²) in [7, 11) is 0. The van der Waals surface area contributed by atoms with Crippen molar-refractivity contribution in [3.63, 3.8) is 0 Å². The minimum absolute atomic E-state index is 0.0959. The summed E-state index contributed by atoms with van der Waals surface area (Å²) in [5.74, 6) is 0.522. The maximum absolute atomic E-state index is 12.7. The molecule has 0 fully saturated rings. The van der Waals surface area contributed by atoms with Crippen LogP contribution in [0.1, 0.15) is 22.4 Å². The lowest BCUT2D eigenvalue weighted by molar-refractivity contribution is 0.241. The van der Waals surface area contributed by atoms with E-state index in [-0.39, 0.29) is 5.56 Å². The molecule has 0 saturated carbocycles. The molecule has 0 aliphatic carbocycles. The summed E-state index contributed by atoms with van der Waals surface area (Å²) >= 11 is 0. The molecule has 4 heterocycles. The Morgan fingerprint density at radius 1 is 1.00 bits per heavy atom. The van der Waals surface area contributed by atoms with Crippen LogP contribution in [0.3, 0.4) is 0 Å². The lowest BCUT2D eigenvalue weighted by Gasteiger charge is -2.27. The summed E-state index contributed by atoms with van der Waals surface area (Å²) in [5, 5.41) is 0. The van der Waals surface area contributed by atoms with Gasteiger partial charge < -0.3 is 4.98 Å². The average Bonchev–Trinajstić information content (AvgIpc) is 2.81. The zero-order valence-electron chi connectivity index (χ0n) is 17.2. The van der Waals surface area contributed by atoms with Crippen LogP contribution in [0.25, 0.3) is 22.6 Å². The number of nitrogens with one attached hydrogen (secondary N) is 1. The molecule has 154 valence electrons. The van der Waals surface area contributed by atoms with Crippen LogP contribution in [0.4, 0.5) is 0 Å². The molecule has 0 bridgehead atoms. The highest BCUT2D eigenvalue weighted by molar-refractivity contribution is 5.59. The number of aryl methyl sites for hydroxylation is 1. The smallest absolute Gasteiger partial charge is 0.255 e. The molecule has 7 heteroatoms. The van der Waals surface area contributed by atoms with E-state index in [9.17, 15) is 4.79 Å². The van der Waals surface area contributed by atoms with Crippen LogP contribution >= 0.6 is 0 Å². The Kier molecular flexibility index (Phi) is 5.09. The molecule has 0 atom stereocenters. The third-order valence-electron chi connectivity index (χ3n) is 5.56. The van der Waals surface area contributed by atoms with Crippen LogP contribution in [0.15, 0.2) is 66.1 Å². The van der Waals surface area contributed by atoms with Gasteiger partial charge in [0.25, 0.3) is 5.56 Å². The van der Waals surface area contributed by atoms with E-state index >= 15 is 0 Å². The van der Waals surface area contributed by atoms with Crippen molar-refractivity contribution in [3.05, 3.63) is 94.1 Å². The predicted molar refractivity (Wildman–Crippen MR) is 118 cm³/mol. The van der Waals surface area contributed by atoms with Gasteiger partial charge in [0.2, 0.25) is 0 Å². The van der Waals surface area contributed by atoms with Crippen LogP contribution in [-0.4, -0.2) is 36.4 Å². The fourth-order valence-corrected chi connectivity index (χ4v) is 3.85. The molecular formula is C24H22N6O. The highest BCUT2D eigenvalue weighted by Gasteiger charge is 2.21. The van der Waals surface area contributed by atoms with Gasteiger partial charge in [-0.25, -0.2) is 15.0 Å². The Balaban J connectivity index is 1.31. The fourth-order valence-electron chi connectivity index (χ4n) is 3.85. The molecule has 1 N–H and O–H groups in total. The van der Waals surface area contributed by atoms with Crippen LogP contribution in [0.5, 0.6) is 0 Å².